The summed E-state index contributed by atoms with van der Waals surface area (Å²) < 4.78 is 1.08. The summed E-state index contributed by atoms with van der Waals surface area (Å²) in [4.78, 5) is 8.76. The van der Waals surface area contributed by atoms with E-state index >= 15 is 0 Å². The topological polar surface area (TPSA) is 63.3 Å². The second-order valence-corrected chi connectivity index (χ2v) is 7.01. The lowest BCUT2D eigenvalue weighted by Gasteiger charge is -2.23. The van der Waals surface area contributed by atoms with Gasteiger partial charge in [-0.3, -0.25) is 9.98 Å². The summed E-state index contributed by atoms with van der Waals surface area (Å²) >= 11 is 3.46. The van der Waals surface area contributed by atoms with Crippen LogP contribution in [0.1, 0.15) is 25.1 Å². The van der Waals surface area contributed by atoms with Gasteiger partial charge in [0.15, 0.2) is 5.96 Å². The summed E-state index contributed by atoms with van der Waals surface area (Å²) in [6, 6.07) is 14.2. The zero-order valence-corrected chi connectivity index (χ0v) is 15.2. The van der Waals surface area contributed by atoms with Crippen LogP contribution in [0.2, 0.25) is 0 Å². The third kappa shape index (κ3) is 5.67. The number of nitrogens with zero attached hydrogens (tertiary/aromatic N) is 2. The van der Waals surface area contributed by atoms with E-state index in [2.05, 4.69) is 69.3 Å². The molecular weight excluding hydrogens is 352 g/mol. The molecule has 0 aliphatic heterocycles. The molecule has 122 valence electrons. The molecule has 0 atom stereocenters. The molecule has 2 aromatic rings. The molecule has 4 nitrogen and oxygen atoms in total. The maximum atomic E-state index is 5.96. The Bertz CT molecular complexity index is 636. The molecule has 1 aromatic carbocycles. The summed E-state index contributed by atoms with van der Waals surface area (Å²) in [6.45, 7) is 5.70. The third-order valence-electron chi connectivity index (χ3n) is 3.68. The highest BCUT2D eigenvalue weighted by Gasteiger charge is 2.20. The predicted octanol–water partition coefficient (Wildman–Crippen LogP) is 3.27. The molecule has 0 amide bonds. The van der Waals surface area contributed by atoms with Crippen molar-refractivity contribution in [3.8, 4) is 0 Å². The van der Waals surface area contributed by atoms with Gasteiger partial charge in [0.25, 0.3) is 0 Å². The fourth-order valence-electron chi connectivity index (χ4n) is 2.20. The van der Waals surface area contributed by atoms with Crippen molar-refractivity contribution in [3.63, 3.8) is 0 Å². The monoisotopic (exact) mass is 374 g/mol. The van der Waals surface area contributed by atoms with Gasteiger partial charge in [0, 0.05) is 34.7 Å². The van der Waals surface area contributed by atoms with Gasteiger partial charge in [0.05, 0.1) is 6.54 Å². The smallest absolute Gasteiger partial charge is 0.188 e. The third-order valence-corrected chi connectivity index (χ3v) is 4.21. The summed E-state index contributed by atoms with van der Waals surface area (Å²) in [7, 11) is 0. The van der Waals surface area contributed by atoms with Gasteiger partial charge in [-0.2, -0.15) is 0 Å². The average Bonchev–Trinajstić information content (AvgIpc) is 2.54. The lowest BCUT2D eigenvalue weighted by atomic mass is 9.85. The van der Waals surface area contributed by atoms with Crippen LogP contribution in [0.5, 0.6) is 0 Å². The van der Waals surface area contributed by atoms with Crippen LogP contribution in [0.3, 0.4) is 0 Å². The molecule has 0 radical (unpaired) electrons. The molecule has 1 aromatic heterocycles. The maximum Gasteiger partial charge on any atom is 0.188 e. The lowest BCUT2D eigenvalue weighted by molar-refractivity contribution is 0.538. The maximum absolute atomic E-state index is 5.96. The standard InChI is InChI=1S/C18H23BrN4/c1-18(2,14-6-8-15(19)9-7-14)13-23-17(20)22-12-10-16-5-3-4-11-21-16/h3-9,11H,10,12-13H2,1-2H3,(H3,20,22,23). The molecule has 0 aliphatic carbocycles. The van der Waals surface area contributed by atoms with E-state index < -0.39 is 0 Å². The van der Waals surface area contributed by atoms with E-state index in [1.807, 2.05) is 18.2 Å². The molecule has 0 fully saturated rings. The normalized spacial score (nSPS) is 12.2. The number of benzene rings is 1. The average molecular weight is 375 g/mol. The lowest BCUT2D eigenvalue weighted by Crippen LogP contribution is -2.35. The number of aromatic nitrogens is 1. The zero-order valence-electron chi connectivity index (χ0n) is 13.6. The number of guanidine groups is 1. The minimum atomic E-state index is -0.0615. The summed E-state index contributed by atoms with van der Waals surface area (Å²) in [5, 5.41) is 3.14. The fraction of sp³-hybridized carbons (Fsp3) is 0.333. The highest BCUT2D eigenvalue weighted by Crippen LogP contribution is 2.24. The van der Waals surface area contributed by atoms with E-state index in [0.29, 0.717) is 12.5 Å². The molecule has 0 aliphatic rings. The Hall–Kier alpha value is -1.88. The van der Waals surface area contributed by atoms with E-state index in [1.54, 1.807) is 6.20 Å². The van der Waals surface area contributed by atoms with E-state index in [-0.39, 0.29) is 5.41 Å². The summed E-state index contributed by atoms with van der Waals surface area (Å²) in [6.07, 6.45) is 2.63. The van der Waals surface area contributed by atoms with Crippen molar-refractivity contribution in [2.24, 2.45) is 10.7 Å². The van der Waals surface area contributed by atoms with Crippen molar-refractivity contribution in [2.75, 3.05) is 13.1 Å². The molecule has 0 unspecified atom stereocenters. The van der Waals surface area contributed by atoms with Crippen LogP contribution < -0.4 is 11.1 Å². The number of pyridine rings is 1. The number of aliphatic imine (C=N–C) groups is 1. The molecule has 3 N–H and O–H groups in total. The number of halogens is 1. The molecule has 0 bridgehead atoms. The van der Waals surface area contributed by atoms with Crippen LogP contribution in [0.4, 0.5) is 0 Å². The number of nitrogens with two attached hydrogens (primary N) is 1. The Morgan fingerprint density at radius 1 is 1.22 bits per heavy atom. The highest BCUT2D eigenvalue weighted by atomic mass is 79.9. The minimum absolute atomic E-state index is 0.0615. The van der Waals surface area contributed by atoms with Crippen molar-refractivity contribution in [3.05, 3.63) is 64.4 Å². The molecule has 0 saturated heterocycles. The Morgan fingerprint density at radius 2 is 1.96 bits per heavy atom. The van der Waals surface area contributed by atoms with Gasteiger partial charge in [0.1, 0.15) is 0 Å². The minimum Gasteiger partial charge on any atom is -0.370 e. The first-order valence-electron chi connectivity index (χ1n) is 7.67. The first-order chi connectivity index (χ1) is 11.0. The summed E-state index contributed by atoms with van der Waals surface area (Å²) in [5.41, 5.74) is 8.18. The number of hydrogen-bond acceptors (Lipinski definition) is 2. The van der Waals surface area contributed by atoms with Crippen molar-refractivity contribution in [1.82, 2.24) is 10.3 Å². The Balaban J connectivity index is 1.84. The first kappa shape index (κ1) is 17.5. The van der Waals surface area contributed by atoms with Crippen molar-refractivity contribution in [2.45, 2.75) is 25.7 Å². The fourth-order valence-corrected chi connectivity index (χ4v) is 2.46. The molecular formula is C18H23BrN4. The largest absolute Gasteiger partial charge is 0.370 e. The number of rotatable bonds is 6. The first-order valence-corrected chi connectivity index (χ1v) is 8.46. The predicted molar refractivity (Wildman–Crippen MR) is 99.6 cm³/mol. The van der Waals surface area contributed by atoms with Gasteiger partial charge in [-0.15, -0.1) is 0 Å². The number of hydrogen-bond donors (Lipinski definition) is 2. The van der Waals surface area contributed by atoms with Gasteiger partial charge >= 0.3 is 0 Å². The van der Waals surface area contributed by atoms with Crippen molar-refractivity contribution < 1.29 is 0 Å². The molecule has 5 heteroatoms. The molecule has 1 heterocycles. The second kappa shape index (κ2) is 8.11. The van der Waals surface area contributed by atoms with Gasteiger partial charge in [-0.25, -0.2) is 0 Å². The van der Waals surface area contributed by atoms with Crippen molar-refractivity contribution in [1.29, 1.82) is 0 Å². The SMILES string of the molecule is CC(C)(CN=C(N)NCCc1ccccn1)c1ccc(Br)cc1. The van der Waals surface area contributed by atoms with Crippen LogP contribution in [0.15, 0.2) is 58.1 Å². The van der Waals surface area contributed by atoms with E-state index in [1.165, 1.54) is 5.56 Å². The van der Waals surface area contributed by atoms with Crippen LogP contribution in [-0.4, -0.2) is 24.0 Å². The Morgan fingerprint density at radius 3 is 2.61 bits per heavy atom. The van der Waals surface area contributed by atoms with Crippen LogP contribution in [-0.2, 0) is 11.8 Å². The van der Waals surface area contributed by atoms with Crippen LogP contribution >= 0.6 is 15.9 Å². The molecule has 2 rings (SSSR count). The second-order valence-electron chi connectivity index (χ2n) is 6.09. The van der Waals surface area contributed by atoms with Gasteiger partial charge in [-0.05, 0) is 29.8 Å². The number of nitrogens with one attached hydrogen (secondary N) is 1. The van der Waals surface area contributed by atoms with Crippen LogP contribution in [0.25, 0.3) is 0 Å². The Kier molecular flexibility index (Phi) is 6.16. The quantitative estimate of drug-likeness (QED) is 0.602. The van der Waals surface area contributed by atoms with Gasteiger partial charge in [-0.1, -0.05) is 48.0 Å². The van der Waals surface area contributed by atoms with E-state index in [9.17, 15) is 0 Å². The molecule has 23 heavy (non-hydrogen) atoms. The molecule has 0 spiro atoms. The zero-order chi connectivity index (χ0) is 16.7. The van der Waals surface area contributed by atoms with Gasteiger partial charge in [0.2, 0.25) is 0 Å². The van der Waals surface area contributed by atoms with Crippen molar-refractivity contribution >= 4 is 21.9 Å². The summed E-state index contributed by atoms with van der Waals surface area (Å²) in [5.74, 6) is 0.478. The van der Waals surface area contributed by atoms with Gasteiger partial charge < -0.3 is 11.1 Å². The molecule has 0 saturated carbocycles. The van der Waals surface area contributed by atoms with E-state index in [4.69, 9.17) is 5.73 Å². The Labute approximate surface area is 146 Å². The van der Waals surface area contributed by atoms with E-state index in [0.717, 1.165) is 23.1 Å². The van der Waals surface area contributed by atoms with Crippen LogP contribution in [0, 0.1) is 0 Å². The highest BCUT2D eigenvalue weighted by molar-refractivity contribution is 9.10.